The lowest BCUT2D eigenvalue weighted by atomic mass is 10.1. The molecule has 1 aromatic heterocycles. The number of rotatable bonds is 2. The first kappa shape index (κ1) is 13.8. The topological polar surface area (TPSA) is 63.2 Å². The summed E-state index contributed by atoms with van der Waals surface area (Å²) in [6.45, 7) is 7.77. The lowest BCUT2D eigenvalue weighted by molar-refractivity contribution is 0.0523. The minimum atomic E-state index is -0.473. The van der Waals surface area contributed by atoms with Crippen molar-refractivity contribution in [3.63, 3.8) is 0 Å². The monoisotopic (exact) mass is 263 g/mol. The van der Waals surface area contributed by atoms with E-state index in [4.69, 9.17) is 4.74 Å². The molecule has 0 saturated heterocycles. The van der Waals surface area contributed by atoms with Crippen LogP contribution in [0.4, 0.5) is 4.79 Å². The number of aromatic nitrogens is 1. The molecule has 0 atom stereocenters. The third-order valence-electron chi connectivity index (χ3n) is 2.79. The summed E-state index contributed by atoms with van der Waals surface area (Å²) < 4.78 is 5.18. The molecule has 1 aliphatic heterocycles. The Hall–Kier alpha value is -1.62. The average Bonchev–Trinajstić information content (AvgIpc) is 2.34. The van der Waals surface area contributed by atoms with Crippen LogP contribution in [0.5, 0.6) is 0 Å². The Kier molecular flexibility index (Phi) is 4.04. The van der Waals surface area contributed by atoms with Gasteiger partial charge in [-0.3, -0.25) is 4.98 Å². The van der Waals surface area contributed by atoms with E-state index >= 15 is 0 Å². The summed E-state index contributed by atoms with van der Waals surface area (Å²) >= 11 is 0. The Bertz CT molecular complexity index is 466. The second-order valence-electron chi connectivity index (χ2n) is 5.69. The zero-order valence-electron chi connectivity index (χ0n) is 11.7. The molecule has 2 N–H and O–H groups in total. The second-order valence-corrected chi connectivity index (χ2v) is 5.69. The number of ether oxygens (including phenoxy) is 1. The van der Waals surface area contributed by atoms with Crippen LogP contribution in [0.1, 0.15) is 37.7 Å². The predicted octanol–water partition coefficient (Wildman–Crippen LogP) is 1.75. The van der Waals surface area contributed by atoms with Gasteiger partial charge in [-0.15, -0.1) is 0 Å². The van der Waals surface area contributed by atoms with Crippen molar-refractivity contribution < 1.29 is 9.53 Å². The van der Waals surface area contributed by atoms with Crippen LogP contribution in [-0.4, -0.2) is 23.2 Å². The summed E-state index contributed by atoms with van der Waals surface area (Å²) in [5.41, 5.74) is 2.76. The molecule has 0 spiro atoms. The first-order valence-electron chi connectivity index (χ1n) is 6.59. The summed E-state index contributed by atoms with van der Waals surface area (Å²) in [6, 6.07) is 4.02. The van der Waals surface area contributed by atoms with Crippen molar-refractivity contribution in [2.24, 2.45) is 0 Å². The van der Waals surface area contributed by atoms with Crippen LogP contribution in [0, 0.1) is 0 Å². The van der Waals surface area contributed by atoms with E-state index in [1.165, 1.54) is 5.56 Å². The average molecular weight is 263 g/mol. The Morgan fingerprint density at radius 3 is 3.00 bits per heavy atom. The van der Waals surface area contributed by atoms with E-state index in [-0.39, 0.29) is 0 Å². The smallest absolute Gasteiger partial charge is 0.407 e. The zero-order valence-corrected chi connectivity index (χ0v) is 11.7. The third-order valence-corrected chi connectivity index (χ3v) is 2.79. The Labute approximate surface area is 113 Å². The number of carbonyl (C=O) groups excluding carboxylic acids is 1. The quantitative estimate of drug-likeness (QED) is 0.853. The number of hydrogen-bond donors (Lipinski definition) is 2. The first-order valence-corrected chi connectivity index (χ1v) is 6.59. The van der Waals surface area contributed by atoms with Gasteiger partial charge >= 0.3 is 6.09 Å². The van der Waals surface area contributed by atoms with Crippen LogP contribution in [0.3, 0.4) is 0 Å². The largest absolute Gasteiger partial charge is 0.444 e. The van der Waals surface area contributed by atoms with Gasteiger partial charge in [-0.2, -0.15) is 0 Å². The molecule has 1 aliphatic rings. The van der Waals surface area contributed by atoms with Gasteiger partial charge in [-0.25, -0.2) is 4.79 Å². The Morgan fingerprint density at radius 1 is 1.47 bits per heavy atom. The van der Waals surface area contributed by atoms with Crippen LogP contribution in [-0.2, 0) is 24.2 Å². The molecule has 0 aliphatic carbocycles. The van der Waals surface area contributed by atoms with Gasteiger partial charge in [0.25, 0.3) is 0 Å². The lowest BCUT2D eigenvalue weighted by Gasteiger charge is -2.20. The lowest BCUT2D eigenvalue weighted by Crippen LogP contribution is -2.32. The van der Waals surface area contributed by atoms with Crippen LogP contribution in [0.2, 0.25) is 0 Å². The Balaban J connectivity index is 1.91. The van der Waals surface area contributed by atoms with Gasteiger partial charge in [0.2, 0.25) is 0 Å². The molecular formula is C14H21N3O2. The Morgan fingerprint density at radius 2 is 2.26 bits per heavy atom. The molecule has 0 saturated carbocycles. The van der Waals surface area contributed by atoms with Crippen LogP contribution in [0.25, 0.3) is 0 Å². The fraction of sp³-hybridized carbons (Fsp3) is 0.571. The molecule has 0 bridgehead atoms. The maximum absolute atomic E-state index is 11.5. The molecule has 0 aromatic carbocycles. The highest BCUT2D eigenvalue weighted by molar-refractivity contribution is 5.67. The van der Waals surface area contributed by atoms with Crippen molar-refractivity contribution in [3.05, 3.63) is 29.1 Å². The number of nitrogens with one attached hydrogen (secondary N) is 2. The number of nitrogens with zero attached hydrogens (tertiary/aromatic N) is 1. The maximum atomic E-state index is 11.5. The van der Waals surface area contributed by atoms with Crippen molar-refractivity contribution >= 4 is 6.09 Å². The standard InChI is InChI=1S/C14H21N3O2/c1-14(2,3)19-13(18)16-9-11-5-4-10-8-15-7-6-12(10)17-11/h4-5,15H,6-9H2,1-3H3,(H,16,18). The molecule has 5 nitrogen and oxygen atoms in total. The SMILES string of the molecule is CC(C)(C)OC(=O)NCc1ccc2c(n1)CCNC2. The summed E-state index contributed by atoms with van der Waals surface area (Å²) in [4.78, 5) is 16.1. The first-order chi connectivity index (χ1) is 8.94. The highest BCUT2D eigenvalue weighted by Gasteiger charge is 2.16. The van der Waals surface area contributed by atoms with E-state index in [1.807, 2.05) is 26.8 Å². The molecule has 2 heterocycles. The molecule has 0 unspecified atom stereocenters. The number of pyridine rings is 1. The van der Waals surface area contributed by atoms with Crippen LogP contribution < -0.4 is 10.6 Å². The minimum absolute atomic E-state index is 0.398. The molecule has 19 heavy (non-hydrogen) atoms. The third kappa shape index (κ3) is 4.21. The van der Waals surface area contributed by atoms with Crippen LogP contribution >= 0.6 is 0 Å². The van der Waals surface area contributed by atoms with Gasteiger partial charge in [0, 0.05) is 25.2 Å². The summed E-state index contributed by atoms with van der Waals surface area (Å²) in [6.07, 6.45) is 0.531. The number of carbonyl (C=O) groups is 1. The van der Waals surface area contributed by atoms with Gasteiger partial charge in [-0.05, 0) is 32.4 Å². The number of amides is 1. The maximum Gasteiger partial charge on any atom is 0.407 e. The minimum Gasteiger partial charge on any atom is -0.444 e. The number of alkyl carbamates (subject to hydrolysis) is 1. The van der Waals surface area contributed by atoms with E-state index in [9.17, 15) is 4.79 Å². The van der Waals surface area contributed by atoms with Gasteiger partial charge < -0.3 is 15.4 Å². The molecule has 1 amide bonds. The van der Waals surface area contributed by atoms with Crippen molar-refractivity contribution in [2.45, 2.75) is 45.9 Å². The fourth-order valence-electron chi connectivity index (χ4n) is 1.96. The normalized spacial score (nSPS) is 14.7. The summed E-state index contributed by atoms with van der Waals surface area (Å²) in [5, 5.41) is 6.03. The van der Waals surface area contributed by atoms with E-state index in [0.717, 1.165) is 30.9 Å². The van der Waals surface area contributed by atoms with E-state index < -0.39 is 11.7 Å². The summed E-state index contributed by atoms with van der Waals surface area (Å²) in [5.74, 6) is 0. The summed E-state index contributed by atoms with van der Waals surface area (Å²) in [7, 11) is 0. The molecule has 2 rings (SSSR count). The van der Waals surface area contributed by atoms with E-state index in [1.54, 1.807) is 0 Å². The molecular weight excluding hydrogens is 242 g/mol. The number of hydrogen-bond acceptors (Lipinski definition) is 4. The number of fused-ring (bicyclic) bond motifs is 1. The van der Waals surface area contributed by atoms with Crippen molar-refractivity contribution in [2.75, 3.05) is 6.54 Å². The van der Waals surface area contributed by atoms with Gasteiger partial charge in [0.1, 0.15) is 5.60 Å². The van der Waals surface area contributed by atoms with E-state index in [2.05, 4.69) is 21.7 Å². The van der Waals surface area contributed by atoms with Gasteiger partial charge in [-0.1, -0.05) is 6.07 Å². The molecule has 1 aromatic rings. The zero-order chi connectivity index (χ0) is 13.9. The molecule has 104 valence electrons. The molecule has 5 heteroatoms. The highest BCUT2D eigenvalue weighted by atomic mass is 16.6. The van der Waals surface area contributed by atoms with Crippen molar-refractivity contribution in [1.29, 1.82) is 0 Å². The van der Waals surface area contributed by atoms with Gasteiger partial charge in [0.15, 0.2) is 0 Å². The molecule has 0 radical (unpaired) electrons. The van der Waals surface area contributed by atoms with Crippen molar-refractivity contribution in [3.8, 4) is 0 Å². The van der Waals surface area contributed by atoms with E-state index in [0.29, 0.717) is 6.54 Å². The van der Waals surface area contributed by atoms with Crippen LogP contribution in [0.15, 0.2) is 12.1 Å². The second kappa shape index (κ2) is 5.57. The fourth-order valence-corrected chi connectivity index (χ4v) is 1.96. The predicted molar refractivity (Wildman–Crippen MR) is 72.7 cm³/mol. The molecule has 0 fully saturated rings. The van der Waals surface area contributed by atoms with Crippen molar-refractivity contribution in [1.82, 2.24) is 15.6 Å². The highest BCUT2D eigenvalue weighted by Crippen LogP contribution is 2.12. The van der Waals surface area contributed by atoms with Gasteiger partial charge in [0.05, 0.1) is 12.2 Å².